The third-order valence-electron chi connectivity index (χ3n) is 5.16. The van der Waals surface area contributed by atoms with Crippen LogP contribution in [0.25, 0.3) is 11.2 Å². The number of hydrogen-bond acceptors (Lipinski definition) is 8. The first-order valence-corrected chi connectivity index (χ1v) is 12.4. The van der Waals surface area contributed by atoms with Gasteiger partial charge in [0.1, 0.15) is 0 Å². The number of carbonyl (C=O) groups is 2. The number of sulfonamides is 1. The van der Waals surface area contributed by atoms with Gasteiger partial charge in [-0.2, -0.15) is 0 Å². The molecule has 0 saturated carbocycles. The van der Waals surface area contributed by atoms with E-state index in [0.29, 0.717) is 29.9 Å². The number of fused-ring (bicyclic) bond motifs is 1. The number of aromatic nitrogens is 4. The van der Waals surface area contributed by atoms with Crippen molar-refractivity contribution >= 4 is 38.8 Å². The average molecular weight is 525 g/mol. The van der Waals surface area contributed by atoms with E-state index in [0.717, 1.165) is 29.4 Å². The summed E-state index contributed by atoms with van der Waals surface area (Å²) in [6.45, 7) is 2.06. The number of imidazole rings is 1. The van der Waals surface area contributed by atoms with Gasteiger partial charge in [-0.25, -0.2) is 27.8 Å². The largest absolute Gasteiger partial charge is 0.473 e. The van der Waals surface area contributed by atoms with Gasteiger partial charge in [0.2, 0.25) is 10.0 Å². The van der Waals surface area contributed by atoms with Crippen LogP contribution >= 0.6 is 0 Å². The van der Waals surface area contributed by atoms with Crippen LogP contribution in [0.1, 0.15) is 5.56 Å². The molecule has 3 rings (SSSR count). The first-order valence-electron chi connectivity index (χ1n) is 10.5. The van der Waals surface area contributed by atoms with Gasteiger partial charge in [0, 0.05) is 39.4 Å². The van der Waals surface area contributed by atoms with Gasteiger partial charge >= 0.3 is 17.6 Å². The van der Waals surface area contributed by atoms with Crippen LogP contribution in [0.5, 0.6) is 0 Å². The maximum atomic E-state index is 12.5. The van der Waals surface area contributed by atoms with Gasteiger partial charge in [-0.3, -0.25) is 18.7 Å². The maximum Gasteiger partial charge on any atom is 0.414 e. The second-order valence-electron chi connectivity index (χ2n) is 8.05. The number of aliphatic carboxylic acids is 2. The highest BCUT2D eigenvalue weighted by Crippen LogP contribution is 2.12. The lowest BCUT2D eigenvalue weighted by molar-refractivity contribution is -0.159. The van der Waals surface area contributed by atoms with E-state index in [1.54, 1.807) is 30.1 Å². The molecule has 0 spiro atoms. The third kappa shape index (κ3) is 7.51. The van der Waals surface area contributed by atoms with E-state index in [9.17, 15) is 18.0 Å². The Morgan fingerprint density at radius 2 is 1.61 bits per heavy atom. The van der Waals surface area contributed by atoms with Gasteiger partial charge in [0.05, 0.1) is 12.6 Å². The van der Waals surface area contributed by atoms with E-state index in [-0.39, 0.29) is 5.56 Å². The number of nitrogens with one attached hydrogen (secondary N) is 1. The van der Waals surface area contributed by atoms with E-state index in [1.807, 2.05) is 19.2 Å². The van der Waals surface area contributed by atoms with E-state index in [2.05, 4.69) is 14.6 Å². The van der Waals surface area contributed by atoms with E-state index < -0.39 is 27.7 Å². The molecule has 0 saturated heterocycles. The molecule has 0 aliphatic rings. The Bertz CT molecular complexity index is 1460. The quantitative estimate of drug-likeness (QED) is 0.313. The monoisotopic (exact) mass is 524 g/mol. The smallest absolute Gasteiger partial charge is 0.414 e. The summed E-state index contributed by atoms with van der Waals surface area (Å²) in [4.78, 5) is 49.1. The molecule has 1 aromatic carbocycles. The van der Waals surface area contributed by atoms with Gasteiger partial charge in [-0.15, -0.1) is 0 Å². The zero-order valence-electron chi connectivity index (χ0n) is 20.2. The summed E-state index contributed by atoms with van der Waals surface area (Å²) in [5.74, 6) is -3.65. The highest BCUT2D eigenvalue weighted by molar-refractivity contribution is 7.92. The maximum absolute atomic E-state index is 12.5. The lowest BCUT2D eigenvalue weighted by Gasteiger charge is -2.17. The Kier molecular flexibility index (Phi) is 9.13. The van der Waals surface area contributed by atoms with Gasteiger partial charge in [-0.1, -0.05) is 12.1 Å². The van der Waals surface area contributed by atoms with Crippen LogP contribution in [0.3, 0.4) is 0 Å². The first-order chi connectivity index (χ1) is 16.7. The second kappa shape index (κ2) is 11.6. The fourth-order valence-corrected chi connectivity index (χ4v) is 3.79. The number of nitrogens with zero attached hydrogens (tertiary/aromatic N) is 5. The SMILES string of the molecule is CN(CCc1ccc(NS(C)(=O)=O)cc1)CCn1cnc2c1c(=O)n(C)c(=O)n2C.O=C(O)C(=O)O. The molecular formula is C21H28N6O8S. The van der Waals surface area contributed by atoms with Crippen LogP contribution in [-0.4, -0.2) is 80.5 Å². The summed E-state index contributed by atoms with van der Waals surface area (Å²) in [5.41, 5.74) is 1.69. The van der Waals surface area contributed by atoms with Crippen molar-refractivity contribution in [1.29, 1.82) is 0 Å². The highest BCUT2D eigenvalue weighted by atomic mass is 32.2. The highest BCUT2D eigenvalue weighted by Gasteiger charge is 2.14. The van der Waals surface area contributed by atoms with Crippen LogP contribution in [-0.2, 0) is 46.7 Å². The molecule has 0 aliphatic heterocycles. The van der Waals surface area contributed by atoms with Crippen molar-refractivity contribution in [1.82, 2.24) is 23.6 Å². The van der Waals surface area contributed by atoms with Crippen molar-refractivity contribution in [2.75, 3.05) is 31.1 Å². The van der Waals surface area contributed by atoms with Gasteiger partial charge in [0.15, 0.2) is 11.2 Å². The molecule has 0 unspecified atom stereocenters. The number of hydrogen-bond donors (Lipinski definition) is 3. The van der Waals surface area contributed by atoms with Crippen LogP contribution in [0.15, 0.2) is 40.2 Å². The molecule has 3 N–H and O–H groups in total. The summed E-state index contributed by atoms with van der Waals surface area (Å²) in [7, 11) is 1.78. The topological polar surface area (TPSA) is 186 Å². The zero-order valence-corrected chi connectivity index (χ0v) is 21.0. The van der Waals surface area contributed by atoms with E-state index in [4.69, 9.17) is 19.8 Å². The predicted molar refractivity (Wildman–Crippen MR) is 132 cm³/mol. The molecule has 36 heavy (non-hydrogen) atoms. The number of carboxylic acid groups (broad SMARTS) is 2. The lowest BCUT2D eigenvalue weighted by Crippen LogP contribution is -2.37. The molecule has 0 aliphatic carbocycles. The Labute approximate surface area is 206 Å². The number of benzene rings is 1. The number of anilines is 1. The molecule has 3 aromatic rings. The van der Waals surface area contributed by atoms with E-state index in [1.165, 1.54) is 11.6 Å². The standard InChI is InChI=1S/C19H26N6O4S.C2H2O4/c1-22(10-9-14-5-7-15(8-6-14)21-30(4,28)29)11-12-25-13-20-17-16(25)18(26)24(3)19(27)23(17)2;3-1(4)2(5)6/h5-8,13,21H,9-12H2,1-4H3;(H,3,4)(H,5,6). The van der Waals surface area contributed by atoms with Crippen molar-refractivity contribution in [3.8, 4) is 0 Å². The summed E-state index contributed by atoms with van der Waals surface area (Å²) in [5, 5.41) is 14.8. The minimum absolute atomic E-state index is 0.351. The van der Waals surface area contributed by atoms with Crippen LogP contribution in [0.4, 0.5) is 5.69 Å². The Morgan fingerprint density at radius 1 is 1.03 bits per heavy atom. The van der Waals surface area contributed by atoms with Crippen molar-refractivity contribution in [2.24, 2.45) is 14.1 Å². The first kappa shape index (κ1) is 28.3. The molecule has 0 bridgehead atoms. The van der Waals surface area contributed by atoms with Crippen molar-refractivity contribution in [2.45, 2.75) is 13.0 Å². The number of rotatable bonds is 8. The molecular weight excluding hydrogens is 496 g/mol. The number of carboxylic acids is 2. The fourth-order valence-electron chi connectivity index (χ4n) is 3.23. The molecule has 0 amide bonds. The molecule has 2 heterocycles. The molecule has 0 atom stereocenters. The van der Waals surface area contributed by atoms with E-state index >= 15 is 0 Å². The zero-order chi connectivity index (χ0) is 27.2. The predicted octanol–water partition coefficient (Wildman–Crippen LogP) is -0.865. The fraction of sp³-hybridized carbons (Fsp3) is 0.381. The summed E-state index contributed by atoms with van der Waals surface area (Å²) >= 11 is 0. The molecule has 15 heteroatoms. The number of likely N-dealkylation sites (N-methyl/N-ethyl adjacent to an activating group) is 1. The minimum Gasteiger partial charge on any atom is -0.473 e. The normalized spacial score (nSPS) is 11.2. The van der Waals surface area contributed by atoms with Crippen LogP contribution in [0.2, 0.25) is 0 Å². The molecule has 0 fully saturated rings. The van der Waals surface area contributed by atoms with Crippen molar-refractivity contribution in [3.05, 3.63) is 57.0 Å². The average Bonchev–Trinajstić information content (AvgIpc) is 3.23. The molecule has 196 valence electrons. The van der Waals surface area contributed by atoms with Crippen LogP contribution in [0, 0.1) is 0 Å². The van der Waals surface area contributed by atoms with Gasteiger partial charge in [-0.05, 0) is 31.2 Å². The second-order valence-corrected chi connectivity index (χ2v) is 9.80. The molecule has 2 aromatic heterocycles. The van der Waals surface area contributed by atoms with Crippen molar-refractivity contribution in [3.63, 3.8) is 0 Å². The molecule has 14 nitrogen and oxygen atoms in total. The summed E-state index contributed by atoms with van der Waals surface area (Å²) in [6.07, 6.45) is 3.51. The van der Waals surface area contributed by atoms with Gasteiger partial charge < -0.3 is 19.7 Å². The number of aryl methyl sites for hydroxylation is 1. The van der Waals surface area contributed by atoms with Gasteiger partial charge in [0.25, 0.3) is 5.56 Å². The summed E-state index contributed by atoms with van der Waals surface area (Å²) < 4.78 is 29.2. The third-order valence-corrected chi connectivity index (χ3v) is 5.77. The molecule has 0 radical (unpaired) electrons. The Hall–Kier alpha value is -3.98. The Morgan fingerprint density at radius 3 is 2.14 bits per heavy atom. The lowest BCUT2D eigenvalue weighted by atomic mass is 10.1. The summed E-state index contributed by atoms with van der Waals surface area (Å²) in [6, 6.07) is 7.28. The van der Waals surface area contributed by atoms with Crippen LogP contribution < -0.4 is 16.0 Å². The Balaban J connectivity index is 0.000000678. The minimum atomic E-state index is -3.28. The van der Waals surface area contributed by atoms with Crippen molar-refractivity contribution < 1.29 is 28.2 Å².